The number of nitrogens with zero attached hydrogens (tertiary/aromatic N) is 1. The molecule has 0 radical (unpaired) electrons. The van der Waals surface area contributed by atoms with Crippen LogP contribution in [0.15, 0.2) is 18.2 Å². The molecule has 0 N–H and O–H groups in total. The predicted octanol–water partition coefficient (Wildman–Crippen LogP) is 2.00. The van der Waals surface area contributed by atoms with E-state index in [0.717, 1.165) is 12.1 Å². The number of benzene rings is 1. The van der Waals surface area contributed by atoms with Crippen molar-refractivity contribution < 1.29 is 27.8 Å². The van der Waals surface area contributed by atoms with Crippen LogP contribution in [0.2, 0.25) is 0 Å². The molecule has 1 aliphatic heterocycles. The number of ether oxygens (including phenoxy) is 3. The first-order valence-corrected chi connectivity index (χ1v) is 7.33. The lowest BCUT2D eigenvalue weighted by Crippen LogP contribution is -2.56. The molecule has 1 fully saturated rings. The summed E-state index contributed by atoms with van der Waals surface area (Å²) in [7, 11) is 1.57. The van der Waals surface area contributed by atoms with Gasteiger partial charge < -0.3 is 19.1 Å². The molecule has 128 valence electrons. The highest BCUT2D eigenvalue weighted by atomic mass is 19.1. The van der Waals surface area contributed by atoms with E-state index in [4.69, 9.17) is 14.2 Å². The Balaban J connectivity index is 1.96. The second-order valence-electron chi connectivity index (χ2n) is 6.09. The molecule has 7 heteroatoms. The first kappa shape index (κ1) is 17.6. The first-order valence-electron chi connectivity index (χ1n) is 7.33. The van der Waals surface area contributed by atoms with Crippen molar-refractivity contribution in [3.63, 3.8) is 0 Å². The topological polar surface area (TPSA) is 48.0 Å². The van der Waals surface area contributed by atoms with Crippen LogP contribution in [0.5, 0.6) is 5.75 Å². The summed E-state index contributed by atoms with van der Waals surface area (Å²) in [5, 5.41) is 0. The monoisotopic (exact) mass is 329 g/mol. The van der Waals surface area contributed by atoms with E-state index in [1.54, 1.807) is 12.0 Å². The standard InChI is InChI=1S/C16H21F2NO4/c1-16(2)10-19(7-12(23-16)8-21-3)15(20)9-22-14-5-4-11(17)6-13(14)18/h4-6,12H,7-10H2,1-3H3/t12-/m1/s1. The normalized spacial score (nSPS) is 20.4. The lowest BCUT2D eigenvalue weighted by atomic mass is 10.1. The zero-order valence-electron chi connectivity index (χ0n) is 13.5. The largest absolute Gasteiger partial charge is 0.481 e. The first-order chi connectivity index (χ1) is 10.8. The Morgan fingerprint density at radius 1 is 1.43 bits per heavy atom. The fourth-order valence-corrected chi connectivity index (χ4v) is 2.58. The fraction of sp³-hybridized carbons (Fsp3) is 0.562. The Labute approximate surface area is 134 Å². The van der Waals surface area contributed by atoms with Gasteiger partial charge in [0, 0.05) is 26.3 Å². The Kier molecular flexibility index (Phi) is 5.54. The minimum absolute atomic E-state index is 0.152. The average Bonchev–Trinajstić information content (AvgIpc) is 2.44. The Hall–Kier alpha value is -1.73. The second-order valence-corrected chi connectivity index (χ2v) is 6.09. The van der Waals surface area contributed by atoms with Gasteiger partial charge in [-0.3, -0.25) is 4.79 Å². The second kappa shape index (κ2) is 7.23. The minimum Gasteiger partial charge on any atom is -0.481 e. The van der Waals surface area contributed by atoms with E-state index in [2.05, 4.69) is 0 Å². The van der Waals surface area contributed by atoms with E-state index in [1.807, 2.05) is 13.8 Å². The average molecular weight is 329 g/mol. The molecular formula is C16H21F2NO4. The highest BCUT2D eigenvalue weighted by Gasteiger charge is 2.35. The van der Waals surface area contributed by atoms with E-state index >= 15 is 0 Å². The lowest BCUT2D eigenvalue weighted by molar-refractivity contribution is -0.170. The van der Waals surface area contributed by atoms with Gasteiger partial charge in [0.25, 0.3) is 5.91 Å². The van der Waals surface area contributed by atoms with Gasteiger partial charge in [0.05, 0.1) is 18.3 Å². The summed E-state index contributed by atoms with van der Waals surface area (Å²) < 4.78 is 42.4. The van der Waals surface area contributed by atoms with E-state index < -0.39 is 17.2 Å². The van der Waals surface area contributed by atoms with Gasteiger partial charge in [0.1, 0.15) is 5.82 Å². The SMILES string of the molecule is COC[C@H]1CN(C(=O)COc2ccc(F)cc2F)CC(C)(C)O1. The number of methoxy groups -OCH3 is 1. The summed E-state index contributed by atoms with van der Waals surface area (Å²) in [6.07, 6.45) is -0.227. The Bertz CT molecular complexity index is 565. The molecule has 0 spiro atoms. The zero-order chi connectivity index (χ0) is 17.0. The van der Waals surface area contributed by atoms with Gasteiger partial charge in [-0.05, 0) is 26.0 Å². The highest BCUT2D eigenvalue weighted by Crippen LogP contribution is 2.22. The number of rotatable bonds is 5. The van der Waals surface area contributed by atoms with Crippen molar-refractivity contribution in [1.29, 1.82) is 0 Å². The third-order valence-electron chi connectivity index (χ3n) is 3.43. The van der Waals surface area contributed by atoms with Crippen molar-refractivity contribution in [2.75, 3.05) is 33.4 Å². The number of hydrogen-bond donors (Lipinski definition) is 0. The molecule has 0 aliphatic carbocycles. The van der Waals surface area contributed by atoms with Crippen LogP contribution in [-0.4, -0.2) is 55.9 Å². The molecule has 1 aliphatic rings. The fourth-order valence-electron chi connectivity index (χ4n) is 2.58. The molecule has 1 aromatic rings. The summed E-state index contributed by atoms with van der Waals surface area (Å²) in [5.41, 5.74) is -0.502. The van der Waals surface area contributed by atoms with E-state index in [9.17, 15) is 13.6 Å². The molecule has 23 heavy (non-hydrogen) atoms. The molecule has 0 saturated carbocycles. The molecule has 0 aromatic heterocycles. The van der Waals surface area contributed by atoms with Crippen LogP contribution in [-0.2, 0) is 14.3 Å². The van der Waals surface area contributed by atoms with Crippen molar-refractivity contribution >= 4 is 5.91 Å². The molecule has 0 unspecified atom stereocenters. The van der Waals surface area contributed by atoms with E-state index in [0.29, 0.717) is 25.8 Å². The number of carbonyl (C=O) groups excluding carboxylic acids is 1. The molecule has 1 saturated heterocycles. The molecule has 1 aromatic carbocycles. The summed E-state index contributed by atoms with van der Waals surface area (Å²) in [6.45, 7) is 4.61. The number of halogens is 2. The number of amides is 1. The summed E-state index contributed by atoms with van der Waals surface area (Å²) in [5.74, 6) is -1.97. The maximum atomic E-state index is 13.5. The predicted molar refractivity (Wildman–Crippen MR) is 79.3 cm³/mol. The Morgan fingerprint density at radius 2 is 2.17 bits per heavy atom. The van der Waals surface area contributed by atoms with Crippen LogP contribution in [0, 0.1) is 11.6 Å². The minimum atomic E-state index is -0.836. The molecule has 1 amide bonds. The Morgan fingerprint density at radius 3 is 2.83 bits per heavy atom. The third-order valence-corrected chi connectivity index (χ3v) is 3.43. The van der Waals surface area contributed by atoms with Gasteiger partial charge in [-0.1, -0.05) is 0 Å². The number of morpholine rings is 1. The van der Waals surface area contributed by atoms with Crippen molar-refractivity contribution in [2.45, 2.75) is 25.6 Å². The lowest BCUT2D eigenvalue weighted by Gasteiger charge is -2.42. The molecule has 2 rings (SSSR count). The van der Waals surface area contributed by atoms with Crippen molar-refractivity contribution in [2.24, 2.45) is 0 Å². The molecule has 0 bridgehead atoms. The van der Waals surface area contributed by atoms with Gasteiger partial charge in [-0.25, -0.2) is 8.78 Å². The van der Waals surface area contributed by atoms with Crippen molar-refractivity contribution in [1.82, 2.24) is 4.90 Å². The van der Waals surface area contributed by atoms with Crippen LogP contribution in [0.4, 0.5) is 8.78 Å². The van der Waals surface area contributed by atoms with Gasteiger partial charge in [0.15, 0.2) is 18.2 Å². The van der Waals surface area contributed by atoms with Gasteiger partial charge in [-0.15, -0.1) is 0 Å². The van der Waals surface area contributed by atoms with Gasteiger partial charge in [0.2, 0.25) is 0 Å². The van der Waals surface area contributed by atoms with Crippen LogP contribution in [0.3, 0.4) is 0 Å². The summed E-state index contributed by atoms with van der Waals surface area (Å²) in [4.78, 5) is 13.9. The highest BCUT2D eigenvalue weighted by molar-refractivity contribution is 5.78. The number of hydrogen-bond acceptors (Lipinski definition) is 4. The molecule has 1 heterocycles. The number of carbonyl (C=O) groups is 1. The quantitative estimate of drug-likeness (QED) is 0.829. The maximum Gasteiger partial charge on any atom is 0.260 e. The third kappa shape index (κ3) is 4.87. The van der Waals surface area contributed by atoms with Crippen LogP contribution >= 0.6 is 0 Å². The van der Waals surface area contributed by atoms with Gasteiger partial charge in [-0.2, -0.15) is 0 Å². The van der Waals surface area contributed by atoms with Crippen LogP contribution in [0.25, 0.3) is 0 Å². The molecule has 1 atom stereocenters. The van der Waals surface area contributed by atoms with Crippen LogP contribution < -0.4 is 4.74 Å². The zero-order valence-corrected chi connectivity index (χ0v) is 13.5. The summed E-state index contributed by atoms with van der Waals surface area (Å²) in [6, 6.07) is 2.95. The van der Waals surface area contributed by atoms with Gasteiger partial charge >= 0.3 is 0 Å². The summed E-state index contributed by atoms with van der Waals surface area (Å²) >= 11 is 0. The molecule has 5 nitrogen and oxygen atoms in total. The van der Waals surface area contributed by atoms with Crippen LogP contribution in [0.1, 0.15) is 13.8 Å². The maximum absolute atomic E-state index is 13.5. The molecular weight excluding hydrogens is 308 g/mol. The van der Waals surface area contributed by atoms with Crippen molar-refractivity contribution in [3.05, 3.63) is 29.8 Å². The smallest absolute Gasteiger partial charge is 0.260 e. The van der Waals surface area contributed by atoms with Crippen molar-refractivity contribution in [3.8, 4) is 5.75 Å². The van der Waals surface area contributed by atoms with E-state index in [-0.39, 0.29) is 24.4 Å². The van der Waals surface area contributed by atoms with E-state index in [1.165, 1.54) is 0 Å².